The number of carbonyl (C=O) groups is 1. The van der Waals surface area contributed by atoms with E-state index in [-0.39, 0.29) is 17.2 Å². The van der Waals surface area contributed by atoms with Crippen molar-refractivity contribution in [2.45, 2.75) is 45.1 Å². The van der Waals surface area contributed by atoms with Gasteiger partial charge in [-0.25, -0.2) is 4.79 Å². The Hall–Kier alpha value is -1.58. The normalized spacial score (nSPS) is 16.3. The van der Waals surface area contributed by atoms with Gasteiger partial charge in [-0.05, 0) is 31.4 Å². The molecule has 0 spiro atoms. The van der Waals surface area contributed by atoms with Gasteiger partial charge in [-0.3, -0.25) is 4.79 Å². The van der Waals surface area contributed by atoms with E-state index in [1.165, 1.54) is 6.07 Å². The average molecular weight is 235 g/mol. The number of carboxylic acid groups (broad SMARTS) is 1. The van der Waals surface area contributed by atoms with Gasteiger partial charge in [0.2, 0.25) is 0 Å². The van der Waals surface area contributed by atoms with Crippen LogP contribution < -0.4 is 5.56 Å². The van der Waals surface area contributed by atoms with Gasteiger partial charge in [0.15, 0.2) is 0 Å². The Labute approximate surface area is 99.9 Å². The molecular weight excluding hydrogens is 218 g/mol. The van der Waals surface area contributed by atoms with Crippen LogP contribution in [0.25, 0.3) is 0 Å². The summed E-state index contributed by atoms with van der Waals surface area (Å²) in [6.45, 7) is 1.99. The molecule has 0 saturated heterocycles. The minimum absolute atomic E-state index is 0.117. The van der Waals surface area contributed by atoms with Crippen LogP contribution >= 0.6 is 0 Å². The zero-order valence-electron chi connectivity index (χ0n) is 9.98. The van der Waals surface area contributed by atoms with Crippen molar-refractivity contribution in [3.8, 4) is 0 Å². The molecule has 0 aromatic carbocycles. The number of hydrogen-bond donors (Lipinski definition) is 1. The van der Waals surface area contributed by atoms with Crippen LogP contribution in [-0.4, -0.2) is 15.6 Å². The van der Waals surface area contributed by atoms with Crippen LogP contribution in [0.15, 0.2) is 16.9 Å². The summed E-state index contributed by atoms with van der Waals surface area (Å²) in [6, 6.07) is 3.38. The van der Waals surface area contributed by atoms with Gasteiger partial charge in [-0.1, -0.05) is 19.8 Å². The molecule has 0 amide bonds. The van der Waals surface area contributed by atoms with Crippen molar-refractivity contribution in [1.82, 2.24) is 4.57 Å². The number of aromatic nitrogens is 1. The average Bonchev–Trinajstić information content (AvgIpc) is 2.81. The molecule has 0 unspecified atom stereocenters. The number of nitrogens with zero attached hydrogens (tertiary/aromatic N) is 1. The summed E-state index contributed by atoms with van der Waals surface area (Å²) in [5.74, 6) is -1.13. The summed E-state index contributed by atoms with van der Waals surface area (Å²) in [6.07, 6.45) is 4.96. The molecule has 1 aliphatic carbocycles. The Morgan fingerprint density at radius 1 is 1.41 bits per heavy atom. The largest absolute Gasteiger partial charge is 0.477 e. The first-order valence-corrected chi connectivity index (χ1v) is 6.13. The summed E-state index contributed by atoms with van der Waals surface area (Å²) >= 11 is 0. The molecule has 1 aromatic rings. The molecular formula is C13H17NO3. The summed E-state index contributed by atoms with van der Waals surface area (Å²) in [7, 11) is 0. The molecule has 1 fully saturated rings. The molecule has 17 heavy (non-hydrogen) atoms. The second-order valence-corrected chi connectivity index (χ2v) is 4.51. The Balaban J connectivity index is 2.56. The van der Waals surface area contributed by atoms with Gasteiger partial charge in [0.05, 0.1) is 0 Å². The third-order valence-electron chi connectivity index (χ3n) is 3.48. The predicted octanol–water partition coefficient (Wildman–Crippen LogP) is 2.22. The van der Waals surface area contributed by atoms with Crippen LogP contribution in [0, 0.1) is 0 Å². The Bertz CT molecular complexity index is 484. The molecule has 0 aliphatic heterocycles. The first-order valence-electron chi connectivity index (χ1n) is 6.13. The van der Waals surface area contributed by atoms with E-state index < -0.39 is 5.97 Å². The maximum atomic E-state index is 12.2. The van der Waals surface area contributed by atoms with E-state index in [1.54, 1.807) is 10.6 Å². The van der Waals surface area contributed by atoms with Crippen molar-refractivity contribution in [3.05, 3.63) is 33.7 Å². The molecule has 1 aromatic heterocycles. The fraction of sp³-hybridized carbons (Fsp3) is 0.538. The van der Waals surface area contributed by atoms with Crippen LogP contribution in [0.2, 0.25) is 0 Å². The smallest absolute Gasteiger partial charge is 0.341 e. The highest BCUT2D eigenvalue weighted by Crippen LogP contribution is 2.29. The molecule has 1 aliphatic rings. The minimum Gasteiger partial charge on any atom is -0.477 e. The Morgan fingerprint density at radius 3 is 2.59 bits per heavy atom. The highest BCUT2D eigenvalue weighted by atomic mass is 16.4. The molecule has 2 rings (SSSR count). The van der Waals surface area contributed by atoms with Crippen molar-refractivity contribution in [3.63, 3.8) is 0 Å². The molecule has 1 N–H and O–H groups in total. The lowest BCUT2D eigenvalue weighted by Crippen LogP contribution is -2.30. The lowest BCUT2D eigenvalue weighted by Gasteiger charge is -2.18. The Morgan fingerprint density at radius 2 is 2.06 bits per heavy atom. The van der Waals surface area contributed by atoms with Gasteiger partial charge in [-0.15, -0.1) is 0 Å². The number of aryl methyl sites for hydroxylation is 1. The van der Waals surface area contributed by atoms with Crippen molar-refractivity contribution >= 4 is 5.97 Å². The third kappa shape index (κ3) is 2.12. The van der Waals surface area contributed by atoms with Crippen molar-refractivity contribution in [1.29, 1.82) is 0 Å². The van der Waals surface area contributed by atoms with Gasteiger partial charge in [0, 0.05) is 11.7 Å². The van der Waals surface area contributed by atoms with Crippen LogP contribution in [0.4, 0.5) is 0 Å². The third-order valence-corrected chi connectivity index (χ3v) is 3.48. The van der Waals surface area contributed by atoms with Crippen molar-refractivity contribution < 1.29 is 9.90 Å². The molecule has 4 heteroatoms. The molecule has 0 bridgehead atoms. The highest BCUT2D eigenvalue weighted by molar-refractivity contribution is 5.87. The van der Waals surface area contributed by atoms with Crippen LogP contribution in [0.1, 0.15) is 54.7 Å². The van der Waals surface area contributed by atoms with Crippen LogP contribution in [0.3, 0.4) is 0 Å². The number of pyridine rings is 1. The fourth-order valence-electron chi connectivity index (χ4n) is 2.61. The number of hydrogen-bond acceptors (Lipinski definition) is 2. The molecule has 92 valence electrons. The van der Waals surface area contributed by atoms with E-state index in [0.29, 0.717) is 0 Å². The number of carboxylic acids is 1. The van der Waals surface area contributed by atoms with Gasteiger partial charge in [0.25, 0.3) is 5.56 Å². The molecule has 1 heterocycles. The lowest BCUT2D eigenvalue weighted by molar-refractivity contribution is 0.0694. The molecule has 0 atom stereocenters. The first-order chi connectivity index (χ1) is 8.15. The zero-order chi connectivity index (χ0) is 12.4. The van der Waals surface area contributed by atoms with Gasteiger partial charge in [0.1, 0.15) is 5.56 Å². The minimum atomic E-state index is -1.13. The van der Waals surface area contributed by atoms with E-state index in [9.17, 15) is 9.59 Å². The van der Waals surface area contributed by atoms with E-state index >= 15 is 0 Å². The summed E-state index contributed by atoms with van der Waals surface area (Å²) < 4.78 is 1.70. The SMILES string of the molecule is CCc1ccc(C(=O)O)c(=O)n1C1CCCC1. The van der Waals surface area contributed by atoms with Gasteiger partial charge in [-0.2, -0.15) is 0 Å². The van der Waals surface area contributed by atoms with E-state index in [4.69, 9.17) is 5.11 Å². The molecule has 1 saturated carbocycles. The number of rotatable bonds is 3. The monoisotopic (exact) mass is 235 g/mol. The second-order valence-electron chi connectivity index (χ2n) is 4.51. The standard InChI is InChI=1S/C13H17NO3/c1-2-9-7-8-11(13(16)17)12(15)14(9)10-5-3-4-6-10/h7-8,10H,2-6H2,1H3,(H,16,17). The summed E-state index contributed by atoms with van der Waals surface area (Å²) in [5.41, 5.74) is 0.477. The van der Waals surface area contributed by atoms with Gasteiger partial charge >= 0.3 is 5.97 Å². The van der Waals surface area contributed by atoms with E-state index in [0.717, 1.165) is 37.8 Å². The molecule has 4 nitrogen and oxygen atoms in total. The quantitative estimate of drug-likeness (QED) is 0.873. The van der Waals surface area contributed by atoms with Crippen LogP contribution in [0.5, 0.6) is 0 Å². The van der Waals surface area contributed by atoms with Gasteiger partial charge < -0.3 is 9.67 Å². The maximum absolute atomic E-state index is 12.2. The fourth-order valence-corrected chi connectivity index (χ4v) is 2.61. The Kier molecular flexibility index (Phi) is 3.31. The first kappa shape index (κ1) is 11.9. The highest BCUT2D eigenvalue weighted by Gasteiger charge is 2.22. The lowest BCUT2D eigenvalue weighted by atomic mass is 10.1. The van der Waals surface area contributed by atoms with Crippen molar-refractivity contribution in [2.24, 2.45) is 0 Å². The maximum Gasteiger partial charge on any atom is 0.341 e. The molecule has 0 radical (unpaired) electrons. The summed E-state index contributed by atoms with van der Waals surface area (Å²) in [5, 5.41) is 8.98. The zero-order valence-corrected chi connectivity index (χ0v) is 9.98. The second kappa shape index (κ2) is 4.73. The predicted molar refractivity (Wildman–Crippen MR) is 64.5 cm³/mol. The topological polar surface area (TPSA) is 59.3 Å². The van der Waals surface area contributed by atoms with E-state index in [1.807, 2.05) is 6.92 Å². The van der Waals surface area contributed by atoms with E-state index in [2.05, 4.69) is 0 Å². The summed E-state index contributed by atoms with van der Waals surface area (Å²) in [4.78, 5) is 23.1. The number of aromatic carboxylic acids is 1. The van der Waals surface area contributed by atoms with Crippen LogP contribution in [-0.2, 0) is 6.42 Å². The van der Waals surface area contributed by atoms with Crippen molar-refractivity contribution in [2.75, 3.05) is 0 Å².